The van der Waals surface area contributed by atoms with Gasteiger partial charge in [0.1, 0.15) is 11.5 Å². The molecule has 0 bridgehead atoms. The van der Waals surface area contributed by atoms with E-state index >= 15 is 0 Å². The summed E-state index contributed by atoms with van der Waals surface area (Å²) in [6.45, 7) is 6.60. The Morgan fingerprint density at radius 1 is 1.08 bits per heavy atom. The lowest BCUT2D eigenvalue weighted by molar-refractivity contribution is 0.242. The topological polar surface area (TPSA) is 44.5 Å². The van der Waals surface area contributed by atoms with E-state index in [9.17, 15) is 0 Å². The van der Waals surface area contributed by atoms with Gasteiger partial charge in [-0.05, 0) is 68.6 Å². The van der Waals surface area contributed by atoms with Crippen molar-refractivity contribution in [3.8, 4) is 11.5 Å². The van der Waals surface area contributed by atoms with E-state index in [1.165, 1.54) is 5.56 Å². The fourth-order valence-electron chi connectivity index (χ4n) is 2.80. The van der Waals surface area contributed by atoms with Crippen molar-refractivity contribution in [1.29, 1.82) is 0 Å². The Balaban J connectivity index is 2.18. The molecule has 2 aromatic carbocycles. The lowest BCUT2D eigenvalue weighted by Crippen LogP contribution is -2.15. The summed E-state index contributed by atoms with van der Waals surface area (Å²) in [6, 6.07) is 12.2. The van der Waals surface area contributed by atoms with Crippen LogP contribution in [0.15, 0.2) is 36.4 Å². The fraction of sp³-hybridized carbons (Fsp3) is 0.400. The second kappa shape index (κ2) is 8.41. The zero-order chi connectivity index (χ0) is 17.7. The second-order valence-corrected chi connectivity index (χ2v) is 6.70. The third-order valence-corrected chi connectivity index (χ3v) is 4.31. The van der Waals surface area contributed by atoms with Crippen molar-refractivity contribution in [1.82, 2.24) is 0 Å². The SMILES string of the molecule is COc1ccc(C(CN)Cc2ccc(OC(C)C)c(Cl)c2)cc1C. The van der Waals surface area contributed by atoms with Crippen LogP contribution in [0.3, 0.4) is 0 Å². The van der Waals surface area contributed by atoms with Crippen LogP contribution >= 0.6 is 11.6 Å². The highest BCUT2D eigenvalue weighted by atomic mass is 35.5. The van der Waals surface area contributed by atoms with Crippen molar-refractivity contribution in [2.24, 2.45) is 5.73 Å². The molecule has 0 aromatic heterocycles. The molecule has 0 spiro atoms. The van der Waals surface area contributed by atoms with Gasteiger partial charge in [-0.2, -0.15) is 0 Å². The molecule has 0 aliphatic rings. The van der Waals surface area contributed by atoms with E-state index in [1.807, 2.05) is 39.0 Å². The highest BCUT2D eigenvalue weighted by Gasteiger charge is 2.14. The summed E-state index contributed by atoms with van der Waals surface area (Å²) in [5, 5.41) is 0.642. The van der Waals surface area contributed by atoms with Gasteiger partial charge in [0, 0.05) is 5.92 Å². The van der Waals surface area contributed by atoms with Crippen LogP contribution in [0.5, 0.6) is 11.5 Å². The summed E-state index contributed by atoms with van der Waals surface area (Å²) in [5.74, 6) is 1.86. The Morgan fingerprint density at radius 2 is 1.79 bits per heavy atom. The molecule has 0 radical (unpaired) electrons. The van der Waals surface area contributed by atoms with Crippen LogP contribution in [-0.4, -0.2) is 19.8 Å². The van der Waals surface area contributed by atoms with Gasteiger partial charge in [-0.1, -0.05) is 29.8 Å². The summed E-state index contributed by atoms with van der Waals surface area (Å²) in [4.78, 5) is 0. The smallest absolute Gasteiger partial charge is 0.138 e. The van der Waals surface area contributed by atoms with E-state index in [-0.39, 0.29) is 12.0 Å². The minimum Gasteiger partial charge on any atom is -0.496 e. The molecule has 0 fully saturated rings. The molecule has 0 saturated carbocycles. The largest absolute Gasteiger partial charge is 0.496 e. The first kappa shape index (κ1) is 18.6. The van der Waals surface area contributed by atoms with Gasteiger partial charge in [-0.15, -0.1) is 0 Å². The summed E-state index contributed by atoms with van der Waals surface area (Å²) in [6.07, 6.45) is 0.941. The zero-order valence-electron chi connectivity index (χ0n) is 14.8. The van der Waals surface area contributed by atoms with E-state index in [4.69, 9.17) is 26.8 Å². The predicted octanol–water partition coefficient (Wildman–Crippen LogP) is 4.73. The van der Waals surface area contributed by atoms with Crippen LogP contribution in [0.2, 0.25) is 5.02 Å². The molecule has 0 amide bonds. The molecule has 2 N–H and O–H groups in total. The first-order valence-corrected chi connectivity index (χ1v) is 8.62. The van der Waals surface area contributed by atoms with Crippen LogP contribution in [-0.2, 0) is 6.42 Å². The third-order valence-electron chi connectivity index (χ3n) is 4.02. The number of hydrogen-bond acceptors (Lipinski definition) is 3. The van der Waals surface area contributed by atoms with Crippen LogP contribution in [0.1, 0.15) is 36.5 Å². The molecule has 2 rings (SSSR count). The van der Waals surface area contributed by atoms with E-state index in [0.29, 0.717) is 11.6 Å². The van der Waals surface area contributed by atoms with E-state index in [0.717, 1.165) is 29.0 Å². The van der Waals surface area contributed by atoms with Crippen molar-refractivity contribution in [2.75, 3.05) is 13.7 Å². The van der Waals surface area contributed by atoms with Crippen LogP contribution < -0.4 is 15.2 Å². The molecule has 130 valence electrons. The Morgan fingerprint density at radius 3 is 2.33 bits per heavy atom. The Kier molecular flexibility index (Phi) is 6.52. The first-order chi connectivity index (χ1) is 11.4. The molecule has 1 unspecified atom stereocenters. The van der Waals surface area contributed by atoms with Crippen molar-refractivity contribution in [2.45, 2.75) is 39.2 Å². The number of rotatable bonds is 7. The molecule has 2 aromatic rings. The van der Waals surface area contributed by atoms with E-state index in [1.54, 1.807) is 7.11 Å². The summed E-state index contributed by atoms with van der Waals surface area (Å²) in [5.41, 5.74) is 9.51. The van der Waals surface area contributed by atoms with Crippen molar-refractivity contribution in [3.05, 3.63) is 58.1 Å². The molecule has 0 saturated heterocycles. The Bertz CT molecular complexity index is 685. The lowest BCUT2D eigenvalue weighted by Gasteiger charge is -2.18. The quantitative estimate of drug-likeness (QED) is 0.787. The molecule has 4 heteroatoms. The zero-order valence-corrected chi connectivity index (χ0v) is 15.6. The number of methoxy groups -OCH3 is 1. The molecule has 0 heterocycles. The monoisotopic (exact) mass is 347 g/mol. The Labute approximate surface area is 149 Å². The molecule has 1 atom stereocenters. The molecule has 24 heavy (non-hydrogen) atoms. The number of aryl methyl sites for hydroxylation is 1. The minimum atomic E-state index is 0.104. The molecule has 0 aliphatic heterocycles. The number of hydrogen-bond donors (Lipinski definition) is 1. The molecular weight excluding hydrogens is 322 g/mol. The van der Waals surface area contributed by atoms with Crippen molar-refractivity contribution < 1.29 is 9.47 Å². The molecule has 3 nitrogen and oxygen atoms in total. The maximum atomic E-state index is 6.34. The average molecular weight is 348 g/mol. The standard InChI is InChI=1S/C20H26ClNO2/c1-13(2)24-20-7-5-15(11-18(20)21)10-17(12-22)16-6-8-19(23-4)14(3)9-16/h5-9,11,13,17H,10,12,22H2,1-4H3. The van der Waals surface area contributed by atoms with Gasteiger partial charge in [-0.25, -0.2) is 0 Å². The Hall–Kier alpha value is -1.71. The average Bonchev–Trinajstić information content (AvgIpc) is 2.54. The van der Waals surface area contributed by atoms with Gasteiger partial charge < -0.3 is 15.2 Å². The van der Waals surface area contributed by atoms with Gasteiger partial charge >= 0.3 is 0 Å². The fourth-order valence-corrected chi connectivity index (χ4v) is 3.05. The molecular formula is C20H26ClNO2. The number of halogens is 1. The van der Waals surface area contributed by atoms with Crippen LogP contribution in [0.4, 0.5) is 0 Å². The van der Waals surface area contributed by atoms with E-state index in [2.05, 4.69) is 18.2 Å². The van der Waals surface area contributed by atoms with Crippen LogP contribution in [0.25, 0.3) is 0 Å². The highest BCUT2D eigenvalue weighted by molar-refractivity contribution is 6.32. The highest BCUT2D eigenvalue weighted by Crippen LogP contribution is 2.30. The van der Waals surface area contributed by atoms with Gasteiger partial charge in [-0.3, -0.25) is 0 Å². The molecule has 0 aliphatic carbocycles. The van der Waals surface area contributed by atoms with Crippen LogP contribution in [0, 0.1) is 6.92 Å². The van der Waals surface area contributed by atoms with Gasteiger partial charge in [0.2, 0.25) is 0 Å². The summed E-state index contributed by atoms with van der Waals surface area (Å²) >= 11 is 6.34. The maximum absolute atomic E-state index is 6.34. The first-order valence-electron chi connectivity index (χ1n) is 8.24. The van der Waals surface area contributed by atoms with Gasteiger partial charge in [0.25, 0.3) is 0 Å². The van der Waals surface area contributed by atoms with Crippen molar-refractivity contribution >= 4 is 11.6 Å². The number of ether oxygens (including phenoxy) is 2. The van der Waals surface area contributed by atoms with E-state index < -0.39 is 0 Å². The van der Waals surface area contributed by atoms with Gasteiger partial charge in [0.15, 0.2) is 0 Å². The number of benzene rings is 2. The summed E-state index contributed by atoms with van der Waals surface area (Å²) in [7, 11) is 1.69. The van der Waals surface area contributed by atoms with Crippen molar-refractivity contribution in [3.63, 3.8) is 0 Å². The lowest BCUT2D eigenvalue weighted by atomic mass is 9.91. The minimum absolute atomic E-state index is 0.104. The van der Waals surface area contributed by atoms with Gasteiger partial charge in [0.05, 0.1) is 18.2 Å². The maximum Gasteiger partial charge on any atom is 0.138 e. The number of nitrogens with two attached hydrogens (primary N) is 1. The normalized spacial score (nSPS) is 12.3. The summed E-state index contributed by atoms with van der Waals surface area (Å²) < 4.78 is 11.0. The predicted molar refractivity (Wildman–Crippen MR) is 100 cm³/mol. The second-order valence-electron chi connectivity index (χ2n) is 6.30. The third kappa shape index (κ3) is 4.65.